The van der Waals surface area contributed by atoms with Gasteiger partial charge in [-0.05, 0) is 36.4 Å². The highest BCUT2D eigenvalue weighted by atomic mass is 32.2. The molecule has 0 aliphatic carbocycles. The van der Waals surface area contributed by atoms with Gasteiger partial charge in [0.1, 0.15) is 5.82 Å². The van der Waals surface area contributed by atoms with E-state index in [4.69, 9.17) is 0 Å². The number of benzene rings is 2. The SMILES string of the molecule is O=C(/C=C/c1ccccc1F)Nc1ccc(S(=O)(=O)Nc2nccs2)cc1. The van der Waals surface area contributed by atoms with E-state index in [1.54, 1.807) is 23.6 Å². The van der Waals surface area contributed by atoms with Gasteiger partial charge >= 0.3 is 0 Å². The molecule has 0 aliphatic heterocycles. The normalized spacial score (nSPS) is 11.4. The van der Waals surface area contributed by atoms with Gasteiger partial charge in [0.05, 0.1) is 4.90 Å². The van der Waals surface area contributed by atoms with Crippen molar-refractivity contribution in [3.63, 3.8) is 0 Å². The number of hydrogen-bond donors (Lipinski definition) is 2. The third kappa shape index (κ3) is 4.99. The van der Waals surface area contributed by atoms with E-state index in [1.807, 2.05) is 0 Å². The molecular weight excluding hydrogens is 389 g/mol. The zero-order chi connectivity index (χ0) is 19.3. The third-order valence-corrected chi connectivity index (χ3v) is 5.58. The molecular formula is C18H14FN3O3S2. The molecule has 0 fully saturated rings. The highest BCUT2D eigenvalue weighted by molar-refractivity contribution is 7.93. The standard InChI is InChI=1S/C18H14FN3O3S2/c19-16-4-2-1-3-13(16)5-10-17(23)21-14-6-8-15(9-7-14)27(24,25)22-18-20-11-12-26-18/h1-12H,(H,20,22)(H,21,23)/b10-5+. The van der Waals surface area contributed by atoms with Crippen molar-refractivity contribution in [2.24, 2.45) is 0 Å². The number of sulfonamides is 1. The van der Waals surface area contributed by atoms with Gasteiger partial charge in [-0.3, -0.25) is 9.52 Å². The average Bonchev–Trinajstić information content (AvgIpc) is 3.14. The van der Waals surface area contributed by atoms with E-state index in [-0.39, 0.29) is 10.0 Å². The summed E-state index contributed by atoms with van der Waals surface area (Å²) < 4.78 is 40.4. The molecule has 27 heavy (non-hydrogen) atoms. The Balaban J connectivity index is 1.65. The Bertz CT molecular complexity index is 1060. The number of aromatic nitrogens is 1. The minimum atomic E-state index is -3.75. The van der Waals surface area contributed by atoms with Crippen LogP contribution in [0.3, 0.4) is 0 Å². The highest BCUT2D eigenvalue weighted by Gasteiger charge is 2.15. The summed E-state index contributed by atoms with van der Waals surface area (Å²) in [6.07, 6.45) is 4.06. The monoisotopic (exact) mass is 403 g/mol. The number of hydrogen-bond acceptors (Lipinski definition) is 5. The Hall–Kier alpha value is -3.04. The Kier molecular flexibility index (Phi) is 5.63. The number of nitrogens with one attached hydrogen (secondary N) is 2. The van der Waals surface area contributed by atoms with Gasteiger partial charge in [0.25, 0.3) is 10.0 Å². The van der Waals surface area contributed by atoms with Gasteiger partial charge in [-0.2, -0.15) is 0 Å². The highest BCUT2D eigenvalue weighted by Crippen LogP contribution is 2.19. The molecule has 0 aliphatic rings. The maximum absolute atomic E-state index is 13.5. The van der Waals surface area contributed by atoms with Crippen LogP contribution in [0.15, 0.2) is 71.1 Å². The van der Waals surface area contributed by atoms with Crippen molar-refractivity contribution in [2.75, 3.05) is 10.0 Å². The predicted octanol–water partition coefficient (Wildman–Crippen LogP) is 3.73. The van der Waals surface area contributed by atoms with Crippen LogP contribution in [0.1, 0.15) is 5.56 Å². The van der Waals surface area contributed by atoms with Gasteiger partial charge in [-0.25, -0.2) is 17.8 Å². The first-order valence-electron chi connectivity index (χ1n) is 7.70. The van der Waals surface area contributed by atoms with E-state index in [1.165, 1.54) is 60.0 Å². The number of thiazole rings is 1. The fourth-order valence-electron chi connectivity index (χ4n) is 2.12. The maximum atomic E-state index is 13.5. The van der Waals surface area contributed by atoms with Gasteiger partial charge in [0.15, 0.2) is 5.13 Å². The van der Waals surface area contributed by atoms with Gasteiger partial charge in [0, 0.05) is 28.9 Å². The second kappa shape index (κ2) is 8.11. The molecule has 1 heterocycles. The first-order valence-corrected chi connectivity index (χ1v) is 10.1. The van der Waals surface area contributed by atoms with Crippen molar-refractivity contribution in [1.82, 2.24) is 4.98 Å². The molecule has 2 aromatic carbocycles. The van der Waals surface area contributed by atoms with Crippen molar-refractivity contribution in [3.8, 4) is 0 Å². The molecule has 9 heteroatoms. The lowest BCUT2D eigenvalue weighted by molar-refractivity contribution is -0.111. The van der Waals surface area contributed by atoms with E-state index in [0.717, 1.165) is 0 Å². The van der Waals surface area contributed by atoms with Crippen molar-refractivity contribution in [3.05, 3.63) is 77.6 Å². The minimum Gasteiger partial charge on any atom is -0.323 e. The van der Waals surface area contributed by atoms with Crippen molar-refractivity contribution in [1.29, 1.82) is 0 Å². The molecule has 2 N–H and O–H groups in total. The van der Waals surface area contributed by atoms with Crippen molar-refractivity contribution < 1.29 is 17.6 Å². The molecule has 138 valence electrons. The van der Waals surface area contributed by atoms with Crippen molar-refractivity contribution in [2.45, 2.75) is 4.90 Å². The second-order valence-electron chi connectivity index (χ2n) is 5.31. The van der Waals surface area contributed by atoms with Crippen LogP contribution in [0.25, 0.3) is 6.08 Å². The summed E-state index contributed by atoms with van der Waals surface area (Å²) in [6, 6.07) is 11.7. The number of carbonyl (C=O) groups is 1. The van der Waals surface area contributed by atoms with E-state index >= 15 is 0 Å². The van der Waals surface area contributed by atoms with Crippen LogP contribution in [0.2, 0.25) is 0 Å². The van der Waals surface area contributed by atoms with E-state index in [0.29, 0.717) is 11.3 Å². The molecule has 0 spiro atoms. The maximum Gasteiger partial charge on any atom is 0.263 e. The summed E-state index contributed by atoms with van der Waals surface area (Å²) in [4.78, 5) is 15.8. The lowest BCUT2D eigenvalue weighted by atomic mass is 10.2. The Morgan fingerprint density at radius 2 is 1.85 bits per heavy atom. The molecule has 6 nitrogen and oxygen atoms in total. The van der Waals surface area contributed by atoms with E-state index in [2.05, 4.69) is 15.0 Å². The molecule has 0 atom stereocenters. The molecule has 3 rings (SSSR count). The third-order valence-electron chi connectivity index (χ3n) is 3.41. The number of anilines is 2. The first-order chi connectivity index (χ1) is 12.9. The number of rotatable bonds is 6. The lowest BCUT2D eigenvalue weighted by Gasteiger charge is -2.07. The number of nitrogens with zero attached hydrogens (tertiary/aromatic N) is 1. The van der Waals surface area contributed by atoms with Gasteiger partial charge in [-0.1, -0.05) is 18.2 Å². The molecule has 0 unspecified atom stereocenters. The molecule has 0 saturated carbocycles. The number of halogens is 1. The molecule has 0 bridgehead atoms. The summed E-state index contributed by atoms with van der Waals surface area (Å²) in [5, 5.41) is 4.51. The molecule has 0 saturated heterocycles. The zero-order valence-electron chi connectivity index (χ0n) is 13.8. The van der Waals surface area contributed by atoms with Crippen molar-refractivity contribution >= 4 is 44.2 Å². The van der Waals surface area contributed by atoms with Crippen LogP contribution in [-0.4, -0.2) is 19.3 Å². The van der Waals surface area contributed by atoms with Crippen LogP contribution in [-0.2, 0) is 14.8 Å². The van der Waals surface area contributed by atoms with Crippen LogP contribution in [0, 0.1) is 5.82 Å². The number of amides is 1. The Labute approximate surface area is 159 Å². The quantitative estimate of drug-likeness (QED) is 0.614. The summed E-state index contributed by atoms with van der Waals surface area (Å²) >= 11 is 1.17. The minimum absolute atomic E-state index is 0.0394. The van der Waals surface area contributed by atoms with Gasteiger partial charge < -0.3 is 5.32 Å². The zero-order valence-corrected chi connectivity index (χ0v) is 15.4. The van der Waals surface area contributed by atoms with Crippen LogP contribution in [0.5, 0.6) is 0 Å². The molecule has 1 aromatic heterocycles. The topological polar surface area (TPSA) is 88.2 Å². The molecule has 1 amide bonds. The summed E-state index contributed by atoms with van der Waals surface area (Å²) in [7, 11) is -3.75. The fraction of sp³-hybridized carbons (Fsp3) is 0. The Morgan fingerprint density at radius 3 is 2.52 bits per heavy atom. The largest absolute Gasteiger partial charge is 0.323 e. The van der Waals surface area contributed by atoms with Gasteiger partial charge in [-0.15, -0.1) is 11.3 Å². The second-order valence-corrected chi connectivity index (χ2v) is 7.89. The molecule has 0 radical (unpaired) electrons. The molecule has 3 aromatic rings. The summed E-state index contributed by atoms with van der Waals surface area (Å²) in [5.41, 5.74) is 0.703. The van der Waals surface area contributed by atoms with Gasteiger partial charge in [0.2, 0.25) is 5.91 Å². The van der Waals surface area contributed by atoms with Crippen LogP contribution in [0.4, 0.5) is 15.2 Å². The lowest BCUT2D eigenvalue weighted by Crippen LogP contribution is -2.13. The smallest absolute Gasteiger partial charge is 0.263 e. The first kappa shape index (κ1) is 18.7. The van der Waals surface area contributed by atoms with E-state index < -0.39 is 21.7 Å². The predicted molar refractivity (Wildman–Crippen MR) is 103 cm³/mol. The van der Waals surface area contributed by atoms with Crippen LogP contribution < -0.4 is 10.0 Å². The Morgan fingerprint density at radius 1 is 1.11 bits per heavy atom. The van der Waals surface area contributed by atoms with Crippen LogP contribution >= 0.6 is 11.3 Å². The fourth-order valence-corrected chi connectivity index (χ4v) is 3.91. The number of carbonyl (C=O) groups excluding carboxylic acids is 1. The summed E-state index contributed by atoms with van der Waals surface area (Å²) in [5.74, 6) is -0.890. The summed E-state index contributed by atoms with van der Waals surface area (Å²) in [6.45, 7) is 0. The average molecular weight is 403 g/mol. The van der Waals surface area contributed by atoms with E-state index in [9.17, 15) is 17.6 Å².